The zero-order valence-electron chi connectivity index (χ0n) is 12.1. The minimum atomic E-state index is -3.74. The van der Waals surface area contributed by atoms with Gasteiger partial charge < -0.3 is 10.0 Å². The number of carbonyl (C=O) groups excluding carboxylic acids is 1. The molecule has 1 N–H and O–H groups in total. The summed E-state index contributed by atoms with van der Waals surface area (Å²) in [5.41, 5.74) is 0. The highest BCUT2D eigenvalue weighted by Gasteiger charge is 2.29. The molecule has 0 aliphatic carbocycles. The van der Waals surface area contributed by atoms with Gasteiger partial charge in [0.25, 0.3) is 5.91 Å². The van der Waals surface area contributed by atoms with Crippen molar-refractivity contribution in [3.8, 4) is 0 Å². The Morgan fingerprint density at radius 2 is 1.95 bits per heavy atom. The molecule has 0 radical (unpaired) electrons. The number of carbonyl (C=O) groups is 2. The second kappa shape index (κ2) is 7.01. The van der Waals surface area contributed by atoms with Crippen LogP contribution in [-0.4, -0.2) is 61.8 Å². The first kappa shape index (κ1) is 17.6. The zero-order chi connectivity index (χ0) is 16.2. The molecule has 0 saturated heterocycles. The molecule has 1 amide bonds. The van der Waals surface area contributed by atoms with Crippen LogP contribution >= 0.6 is 11.3 Å². The molecule has 0 aliphatic heterocycles. The van der Waals surface area contributed by atoms with Crippen molar-refractivity contribution in [1.29, 1.82) is 0 Å². The van der Waals surface area contributed by atoms with E-state index in [-0.39, 0.29) is 16.3 Å². The van der Waals surface area contributed by atoms with Crippen molar-refractivity contribution in [2.24, 2.45) is 0 Å². The van der Waals surface area contributed by atoms with Crippen LogP contribution in [0.5, 0.6) is 0 Å². The number of sulfonamides is 1. The van der Waals surface area contributed by atoms with Crippen molar-refractivity contribution >= 4 is 33.2 Å². The fraction of sp³-hybridized carbons (Fsp3) is 0.500. The smallest absolute Gasteiger partial charge is 0.323 e. The minimum absolute atomic E-state index is 0.0402. The van der Waals surface area contributed by atoms with Gasteiger partial charge in [-0.1, -0.05) is 6.92 Å². The van der Waals surface area contributed by atoms with Gasteiger partial charge in [-0.3, -0.25) is 9.59 Å². The normalized spacial score (nSPS) is 11.6. The predicted octanol–water partition coefficient (Wildman–Crippen LogP) is 0.935. The summed E-state index contributed by atoms with van der Waals surface area (Å²) in [5, 5.41) is 10.4. The average Bonchev–Trinajstić information content (AvgIpc) is 2.86. The lowest BCUT2D eigenvalue weighted by molar-refractivity contribution is -0.137. The van der Waals surface area contributed by atoms with Crippen LogP contribution in [-0.2, 0) is 14.8 Å². The number of hydrogen-bond donors (Lipinski definition) is 1. The van der Waals surface area contributed by atoms with Crippen molar-refractivity contribution in [1.82, 2.24) is 9.21 Å². The molecular weight excluding hydrogens is 316 g/mol. The first-order valence-electron chi connectivity index (χ1n) is 6.22. The number of carboxylic acids is 1. The third-order valence-electron chi connectivity index (χ3n) is 2.69. The van der Waals surface area contributed by atoms with E-state index < -0.39 is 28.4 Å². The van der Waals surface area contributed by atoms with E-state index in [1.54, 1.807) is 0 Å². The second-order valence-corrected chi connectivity index (χ2v) is 7.56. The van der Waals surface area contributed by atoms with E-state index in [9.17, 15) is 18.0 Å². The molecule has 0 aliphatic rings. The van der Waals surface area contributed by atoms with Gasteiger partial charge in [0.2, 0.25) is 10.0 Å². The monoisotopic (exact) mass is 334 g/mol. The molecule has 118 valence electrons. The van der Waals surface area contributed by atoms with Crippen molar-refractivity contribution < 1.29 is 23.1 Å². The molecule has 7 nitrogen and oxygen atoms in total. The highest BCUT2D eigenvalue weighted by Crippen LogP contribution is 2.25. The van der Waals surface area contributed by atoms with E-state index in [0.29, 0.717) is 6.42 Å². The maximum atomic E-state index is 12.4. The molecule has 0 fully saturated rings. The first-order valence-corrected chi connectivity index (χ1v) is 8.54. The molecule has 0 aromatic carbocycles. The maximum Gasteiger partial charge on any atom is 0.323 e. The van der Waals surface area contributed by atoms with Crippen molar-refractivity contribution in [2.75, 3.05) is 27.2 Å². The van der Waals surface area contributed by atoms with Crippen LogP contribution in [0.25, 0.3) is 0 Å². The molecule has 0 unspecified atom stereocenters. The lowest BCUT2D eigenvalue weighted by Gasteiger charge is -2.20. The Morgan fingerprint density at radius 1 is 1.33 bits per heavy atom. The fourth-order valence-electron chi connectivity index (χ4n) is 1.68. The Morgan fingerprint density at radius 3 is 2.43 bits per heavy atom. The van der Waals surface area contributed by atoms with Crippen molar-refractivity contribution in [3.63, 3.8) is 0 Å². The molecule has 1 aromatic heterocycles. The summed E-state index contributed by atoms with van der Waals surface area (Å²) < 4.78 is 25.4. The van der Waals surface area contributed by atoms with Gasteiger partial charge in [-0.2, -0.15) is 0 Å². The van der Waals surface area contributed by atoms with Crippen LogP contribution in [0.3, 0.4) is 0 Å². The zero-order valence-corrected chi connectivity index (χ0v) is 13.7. The Balaban J connectivity index is 3.19. The molecule has 0 spiro atoms. The lowest BCUT2D eigenvalue weighted by atomic mass is 10.3. The number of rotatable bonds is 7. The summed E-state index contributed by atoms with van der Waals surface area (Å²) >= 11 is 0.993. The van der Waals surface area contributed by atoms with E-state index in [1.807, 2.05) is 6.92 Å². The van der Waals surface area contributed by atoms with Gasteiger partial charge in [-0.15, -0.1) is 11.3 Å². The molecular formula is C12H18N2O5S2. The van der Waals surface area contributed by atoms with Crippen LogP contribution in [0, 0.1) is 0 Å². The summed E-state index contributed by atoms with van der Waals surface area (Å²) in [6, 6.07) is 1.36. The minimum Gasteiger partial charge on any atom is -0.480 e. The summed E-state index contributed by atoms with van der Waals surface area (Å²) in [6.07, 6.45) is 0.583. The number of aliphatic carboxylic acids is 1. The third-order valence-corrected chi connectivity index (χ3v) is 5.58. The van der Waals surface area contributed by atoms with Crippen molar-refractivity contribution in [2.45, 2.75) is 18.2 Å². The molecule has 1 heterocycles. The molecule has 1 aromatic rings. The fourth-order valence-corrected chi connectivity index (χ4v) is 3.94. The molecule has 1 rings (SSSR count). The van der Waals surface area contributed by atoms with E-state index in [2.05, 4.69) is 0 Å². The lowest BCUT2D eigenvalue weighted by Crippen LogP contribution is -2.36. The van der Waals surface area contributed by atoms with Crippen LogP contribution < -0.4 is 0 Å². The Kier molecular flexibility index (Phi) is 5.87. The standard InChI is InChI=1S/C12H18N2O5S2/c1-4-6-14(8-10(15)16)12(17)11-9(5-7-20-11)21(18,19)13(2)3/h5,7H,4,6,8H2,1-3H3,(H,15,16). The first-order chi connectivity index (χ1) is 9.71. The SMILES string of the molecule is CCCN(CC(=O)O)C(=O)c1sccc1S(=O)(=O)N(C)C. The molecule has 0 atom stereocenters. The number of thiophene rings is 1. The third kappa shape index (κ3) is 4.02. The van der Waals surface area contributed by atoms with Gasteiger partial charge in [0.05, 0.1) is 0 Å². The second-order valence-electron chi connectivity index (χ2n) is 4.52. The van der Waals surface area contributed by atoms with Crippen LogP contribution in [0.4, 0.5) is 0 Å². The Labute approximate surface area is 127 Å². The van der Waals surface area contributed by atoms with Gasteiger partial charge in [-0.05, 0) is 17.9 Å². The molecule has 21 heavy (non-hydrogen) atoms. The van der Waals surface area contributed by atoms with Gasteiger partial charge >= 0.3 is 5.97 Å². The van der Waals surface area contributed by atoms with E-state index in [0.717, 1.165) is 20.5 Å². The van der Waals surface area contributed by atoms with Crippen LogP contribution in [0.15, 0.2) is 16.3 Å². The molecule has 9 heteroatoms. The summed E-state index contributed by atoms with van der Waals surface area (Å²) in [6.45, 7) is 1.62. The highest BCUT2D eigenvalue weighted by molar-refractivity contribution is 7.89. The quantitative estimate of drug-likeness (QED) is 0.800. The van der Waals surface area contributed by atoms with Crippen molar-refractivity contribution in [3.05, 3.63) is 16.3 Å². The van der Waals surface area contributed by atoms with E-state index >= 15 is 0 Å². The Hall–Kier alpha value is -1.45. The Bertz CT molecular complexity index is 621. The van der Waals surface area contributed by atoms with E-state index in [1.165, 1.54) is 25.5 Å². The van der Waals surface area contributed by atoms with Crippen LogP contribution in [0.1, 0.15) is 23.0 Å². The number of nitrogens with zero attached hydrogens (tertiary/aromatic N) is 2. The van der Waals surface area contributed by atoms with Gasteiger partial charge in [0.15, 0.2) is 0 Å². The molecule has 0 saturated carbocycles. The van der Waals surface area contributed by atoms with Gasteiger partial charge in [-0.25, -0.2) is 12.7 Å². The number of amides is 1. The highest BCUT2D eigenvalue weighted by atomic mass is 32.2. The number of hydrogen-bond acceptors (Lipinski definition) is 5. The predicted molar refractivity (Wildman–Crippen MR) is 79.0 cm³/mol. The summed E-state index contributed by atoms with van der Waals surface area (Å²) in [5.74, 6) is -1.71. The maximum absolute atomic E-state index is 12.4. The topological polar surface area (TPSA) is 95.0 Å². The average molecular weight is 334 g/mol. The van der Waals surface area contributed by atoms with Crippen LogP contribution in [0.2, 0.25) is 0 Å². The van der Waals surface area contributed by atoms with Gasteiger partial charge in [0, 0.05) is 20.6 Å². The van der Waals surface area contributed by atoms with Gasteiger partial charge in [0.1, 0.15) is 16.3 Å². The summed E-state index contributed by atoms with van der Waals surface area (Å²) in [4.78, 5) is 24.3. The summed E-state index contributed by atoms with van der Waals surface area (Å²) in [7, 11) is -0.983. The largest absolute Gasteiger partial charge is 0.480 e. The van der Waals surface area contributed by atoms with E-state index in [4.69, 9.17) is 5.11 Å². The number of carboxylic acid groups (broad SMARTS) is 1. The molecule has 0 bridgehead atoms.